The monoisotopic (exact) mass is 181 g/mol. The third-order valence-corrected chi connectivity index (χ3v) is 2.92. The van der Waals surface area contributed by atoms with Gasteiger partial charge < -0.3 is 10.4 Å². The van der Waals surface area contributed by atoms with Gasteiger partial charge in [-0.25, -0.2) is 0 Å². The Hall–Kier alpha value is -0.830. The maximum absolute atomic E-state index is 10.7. The van der Waals surface area contributed by atoms with Crippen LogP contribution in [0.1, 0.15) is 25.7 Å². The van der Waals surface area contributed by atoms with Crippen LogP contribution >= 0.6 is 0 Å². The molecule has 0 aromatic carbocycles. The Labute approximate surface area is 77.8 Å². The minimum atomic E-state index is -0.727. The number of hydrogen-bond donors (Lipinski definition) is 2. The summed E-state index contributed by atoms with van der Waals surface area (Å²) in [5, 5.41) is 11.6. The highest BCUT2D eigenvalue weighted by Gasteiger charge is 2.38. The van der Waals surface area contributed by atoms with Gasteiger partial charge in [0.2, 0.25) is 0 Å². The minimum Gasteiger partial charge on any atom is -0.480 e. The minimum absolute atomic E-state index is 0.359. The molecule has 0 bridgehead atoms. The van der Waals surface area contributed by atoms with Gasteiger partial charge in [-0.15, -0.1) is 0 Å². The van der Waals surface area contributed by atoms with Gasteiger partial charge in [0.1, 0.15) is 6.04 Å². The predicted molar refractivity (Wildman–Crippen MR) is 49.5 cm³/mol. The molecule has 2 fully saturated rings. The lowest BCUT2D eigenvalue weighted by Gasteiger charge is -2.08. The molecule has 3 heteroatoms. The second-order valence-electron chi connectivity index (χ2n) is 3.95. The van der Waals surface area contributed by atoms with Crippen LogP contribution < -0.4 is 5.32 Å². The molecule has 0 amide bonds. The van der Waals surface area contributed by atoms with E-state index >= 15 is 0 Å². The fraction of sp³-hybridized carbons (Fsp3) is 0.700. The van der Waals surface area contributed by atoms with Crippen molar-refractivity contribution >= 4 is 5.97 Å². The quantitative estimate of drug-likeness (QED) is 0.640. The summed E-state index contributed by atoms with van der Waals surface area (Å²) in [6, 6.07) is -0.359. The average Bonchev–Trinajstić information content (AvgIpc) is 2.92. The number of hydrogen-bond acceptors (Lipinski definition) is 2. The molecule has 2 saturated carbocycles. The zero-order chi connectivity index (χ0) is 9.42. The van der Waals surface area contributed by atoms with Crippen LogP contribution in [0.3, 0.4) is 0 Å². The van der Waals surface area contributed by atoms with Crippen LogP contribution in [0.4, 0.5) is 0 Å². The molecule has 2 aliphatic carbocycles. The third-order valence-electron chi connectivity index (χ3n) is 2.92. The van der Waals surface area contributed by atoms with Crippen molar-refractivity contribution in [2.24, 2.45) is 5.92 Å². The number of rotatable bonds is 4. The Morgan fingerprint density at radius 1 is 1.69 bits per heavy atom. The molecule has 2 atom stereocenters. The molecule has 0 aliphatic heterocycles. The van der Waals surface area contributed by atoms with Crippen LogP contribution in [0.25, 0.3) is 0 Å². The van der Waals surface area contributed by atoms with Crippen molar-refractivity contribution in [3.8, 4) is 0 Å². The van der Waals surface area contributed by atoms with Crippen LogP contribution in [0.5, 0.6) is 0 Å². The highest BCUT2D eigenvalue weighted by atomic mass is 16.4. The molecule has 0 spiro atoms. The number of allylic oxidation sites excluding steroid dienone is 2. The summed E-state index contributed by atoms with van der Waals surface area (Å²) in [6.07, 6.45) is 4.46. The lowest BCUT2D eigenvalue weighted by molar-refractivity contribution is -0.139. The zero-order valence-electron chi connectivity index (χ0n) is 7.84. The van der Waals surface area contributed by atoms with Gasteiger partial charge in [0.25, 0.3) is 0 Å². The Balaban J connectivity index is 1.85. The maximum atomic E-state index is 10.7. The highest BCUT2D eigenvalue weighted by molar-refractivity contribution is 5.73. The number of carboxylic acid groups (broad SMARTS) is 1. The first-order chi connectivity index (χ1) is 6.22. The van der Waals surface area contributed by atoms with Gasteiger partial charge in [-0.05, 0) is 38.6 Å². The summed E-state index contributed by atoms with van der Waals surface area (Å²) in [5.41, 5.74) is 3.16. The highest BCUT2D eigenvalue weighted by Crippen LogP contribution is 2.50. The lowest BCUT2D eigenvalue weighted by Crippen LogP contribution is -2.34. The van der Waals surface area contributed by atoms with Crippen LogP contribution in [0, 0.1) is 5.92 Å². The number of aliphatic carboxylic acids is 1. The third kappa shape index (κ3) is 1.91. The van der Waals surface area contributed by atoms with E-state index < -0.39 is 5.97 Å². The number of carboxylic acids is 1. The van der Waals surface area contributed by atoms with E-state index in [1.165, 1.54) is 12.8 Å². The fourth-order valence-corrected chi connectivity index (χ4v) is 1.88. The number of carbonyl (C=O) groups is 1. The summed E-state index contributed by atoms with van der Waals surface area (Å²) >= 11 is 0. The van der Waals surface area contributed by atoms with Gasteiger partial charge in [-0.1, -0.05) is 11.1 Å². The van der Waals surface area contributed by atoms with E-state index in [4.69, 9.17) is 5.11 Å². The molecule has 2 rings (SSSR count). The first-order valence-electron chi connectivity index (χ1n) is 4.83. The molecule has 1 unspecified atom stereocenters. The van der Waals surface area contributed by atoms with E-state index in [9.17, 15) is 4.79 Å². The normalized spacial score (nSPS) is 27.3. The SMILES string of the molecule is CN[C@@H](CC1CC1=C1CC1)C(=O)O. The standard InChI is InChI=1S/C10H15NO2/c1-11-9(10(12)13)5-7-4-8(7)6-2-3-6/h7,9,11H,2-5H2,1H3,(H,12,13)/t7?,9-/m0/s1. The summed E-state index contributed by atoms with van der Waals surface area (Å²) in [4.78, 5) is 10.7. The van der Waals surface area contributed by atoms with Crippen molar-refractivity contribution in [3.63, 3.8) is 0 Å². The molecule has 72 valence electrons. The molecule has 0 heterocycles. The molecule has 2 aliphatic rings. The Morgan fingerprint density at radius 2 is 2.38 bits per heavy atom. The molecule has 0 radical (unpaired) electrons. The van der Waals surface area contributed by atoms with Crippen molar-refractivity contribution in [2.75, 3.05) is 7.05 Å². The van der Waals surface area contributed by atoms with Crippen LogP contribution in [-0.2, 0) is 4.79 Å². The Kier molecular flexibility index (Phi) is 2.12. The van der Waals surface area contributed by atoms with Crippen LogP contribution in [-0.4, -0.2) is 24.2 Å². The van der Waals surface area contributed by atoms with E-state index in [0.29, 0.717) is 5.92 Å². The molecular weight excluding hydrogens is 166 g/mol. The largest absolute Gasteiger partial charge is 0.480 e. The van der Waals surface area contributed by atoms with Crippen molar-refractivity contribution in [1.82, 2.24) is 5.32 Å². The Morgan fingerprint density at radius 3 is 2.85 bits per heavy atom. The van der Waals surface area contributed by atoms with Gasteiger partial charge >= 0.3 is 5.97 Å². The Bertz CT molecular complexity index is 264. The van der Waals surface area contributed by atoms with Crippen LogP contribution in [0.15, 0.2) is 11.1 Å². The second-order valence-corrected chi connectivity index (χ2v) is 3.95. The second kappa shape index (κ2) is 3.14. The van der Waals surface area contributed by atoms with Crippen molar-refractivity contribution < 1.29 is 9.90 Å². The van der Waals surface area contributed by atoms with Crippen molar-refractivity contribution in [3.05, 3.63) is 11.1 Å². The summed E-state index contributed by atoms with van der Waals surface area (Å²) in [6.45, 7) is 0. The number of likely N-dealkylation sites (N-methyl/N-ethyl adjacent to an activating group) is 1. The van der Waals surface area contributed by atoms with E-state index in [0.717, 1.165) is 12.8 Å². The van der Waals surface area contributed by atoms with Crippen molar-refractivity contribution in [1.29, 1.82) is 0 Å². The van der Waals surface area contributed by atoms with Crippen LogP contribution in [0.2, 0.25) is 0 Å². The summed E-state index contributed by atoms with van der Waals surface area (Å²) in [5.74, 6) is -0.152. The first kappa shape index (κ1) is 8.75. The molecule has 3 nitrogen and oxygen atoms in total. The average molecular weight is 181 g/mol. The van der Waals surface area contributed by atoms with E-state index in [1.54, 1.807) is 18.2 Å². The topological polar surface area (TPSA) is 49.3 Å². The van der Waals surface area contributed by atoms with Gasteiger partial charge in [0.05, 0.1) is 0 Å². The summed E-state index contributed by atoms with van der Waals surface area (Å²) < 4.78 is 0. The van der Waals surface area contributed by atoms with E-state index in [2.05, 4.69) is 5.32 Å². The zero-order valence-corrected chi connectivity index (χ0v) is 7.84. The fourth-order valence-electron chi connectivity index (χ4n) is 1.88. The smallest absolute Gasteiger partial charge is 0.320 e. The van der Waals surface area contributed by atoms with Gasteiger partial charge in [0.15, 0.2) is 0 Å². The molecule has 2 N–H and O–H groups in total. The molecule has 13 heavy (non-hydrogen) atoms. The molecule has 0 aromatic rings. The van der Waals surface area contributed by atoms with Gasteiger partial charge in [-0.3, -0.25) is 4.79 Å². The molecular formula is C10H15NO2. The van der Waals surface area contributed by atoms with Crippen molar-refractivity contribution in [2.45, 2.75) is 31.7 Å². The molecule has 0 aromatic heterocycles. The predicted octanol–water partition coefficient (Wildman–Crippen LogP) is 1.16. The summed E-state index contributed by atoms with van der Waals surface area (Å²) in [7, 11) is 1.71. The van der Waals surface area contributed by atoms with E-state index in [-0.39, 0.29) is 6.04 Å². The molecule has 0 saturated heterocycles. The van der Waals surface area contributed by atoms with E-state index in [1.807, 2.05) is 0 Å². The first-order valence-corrected chi connectivity index (χ1v) is 4.83. The lowest BCUT2D eigenvalue weighted by atomic mass is 10.1. The number of nitrogens with one attached hydrogen (secondary N) is 1. The van der Waals surface area contributed by atoms with Gasteiger partial charge in [-0.2, -0.15) is 0 Å². The van der Waals surface area contributed by atoms with Gasteiger partial charge in [0, 0.05) is 0 Å². The maximum Gasteiger partial charge on any atom is 0.320 e.